The molecule has 1 N–H and O–H groups in total. The van der Waals surface area contributed by atoms with Crippen LogP contribution in [-0.2, 0) is 16.9 Å². The van der Waals surface area contributed by atoms with Gasteiger partial charge in [-0.1, -0.05) is 0 Å². The van der Waals surface area contributed by atoms with E-state index in [2.05, 4.69) is 38.6 Å². The lowest BCUT2D eigenvalue weighted by atomic mass is 9.86. The van der Waals surface area contributed by atoms with Gasteiger partial charge in [0.1, 0.15) is 11.4 Å². The highest BCUT2D eigenvalue weighted by Crippen LogP contribution is 2.45. The lowest BCUT2D eigenvalue weighted by Gasteiger charge is -2.30. The minimum atomic E-state index is -0.443. The van der Waals surface area contributed by atoms with Crippen molar-refractivity contribution >= 4 is 22.9 Å². The van der Waals surface area contributed by atoms with E-state index in [4.69, 9.17) is 19.7 Å². The first-order chi connectivity index (χ1) is 14.0. The molecule has 0 spiro atoms. The molecule has 9 heteroatoms. The van der Waals surface area contributed by atoms with E-state index in [1.807, 2.05) is 0 Å². The lowest BCUT2D eigenvalue weighted by Crippen LogP contribution is -2.33. The maximum Gasteiger partial charge on any atom is 0.222 e. The smallest absolute Gasteiger partial charge is 0.222 e. The number of ether oxygens (including phenoxy) is 1. The molecule has 0 radical (unpaired) electrons. The number of hydrogen-bond donors (Lipinski definition) is 1. The Morgan fingerprint density at radius 1 is 1.14 bits per heavy atom. The van der Waals surface area contributed by atoms with Crippen molar-refractivity contribution in [3.63, 3.8) is 0 Å². The normalized spacial score (nSPS) is 24.4. The predicted octanol–water partition coefficient (Wildman–Crippen LogP) is 2.19. The van der Waals surface area contributed by atoms with E-state index in [0.29, 0.717) is 24.4 Å². The first-order valence-corrected chi connectivity index (χ1v) is 10.2. The Bertz CT molecular complexity index is 1100. The van der Waals surface area contributed by atoms with Crippen LogP contribution in [0.4, 0.5) is 11.8 Å². The van der Waals surface area contributed by atoms with E-state index in [1.165, 1.54) is 12.8 Å². The average Bonchev–Trinajstić information content (AvgIpc) is 3.40. The first-order valence-electron chi connectivity index (χ1n) is 10.2. The zero-order chi connectivity index (χ0) is 19.8. The number of imidazole rings is 1. The van der Waals surface area contributed by atoms with E-state index in [9.17, 15) is 0 Å². The van der Waals surface area contributed by atoms with E-state index >= 15 is 0 Å². The van der Waals surface area contributed by atoms with Crippen molar-refractivity contribution in [3.05, 3.63) is 18.2 Å². The quantitative estimate of drug-likeness (QED) is 0.725. The molecule has 3 aromatic rings. The van der Waals surface area contributed by atoms with Crippen LogP contribution >= 0.6 is 0 Å². The topological polar surface area (TPSA) is 93.9 Å². The Morgan fingerprint density at radius 2 is 1.93 bits per heavy atom. The second kappa shape index (κ2) is 5.85. The second-order valence-electron chi connectivity index (χ2n) is 8.68. The van der Waals surface area contributed by atoms with Crippen molar-refractivity contribution in [2.45, 2.75) is 44.9 Å². The zero-order valence-electron chi connectivity index (χ0n) is 16.9. The maximum absolute atomic E-state index is 5.98. The summed E-state index contributed by atoms with van der Waals surface area (Å²) in [5.74, 6) is 3.86. The van der Waals surface area contributed by atoms with Gasteiger partial charge >= 0.3 is 0 Å². The van der Waals surface area contributed by atoms with Gasteiger partial charge in [0.15, 0.2) is 22.8 Å². The van der Waals surface area contributed by atoms with Crippen LogP contribution in [0.2, 0.25) is 0 Å². The fourth-order valence-electron chi connectivity index (χ4n) is 4.81. The lowest BCUT2D eigenvalue weighted by molar-refractivity contribution is -0.0530. The number of anilines is 2. The molecular weight excluding hydrogens is 368 g/mol. The average molecular weight is 392 g/mol. The minimum absolute atomic E-state index is 0.443. The third-order valence-electron chi connectivity index (χ3n) is 6.40. The molecule has 3 fully saturated rings. The molecule has 0 aromatic carbocycles. The van der Waals surface area contributed by atoms with Crippen molar-refractivity contribution < 1.29 is 4.74 Å². The Balaban J connectivity index is 1.57. The summed E-state index contributed by atoms with van der Waals surface area (Å²) < 4.78 is 8.18. The van der Waals surface area contributed by atoms with E-state index in [-0.39, 0.29) is 0 Å². The van der Waals surface area contributed by atoms with Crippen molar-refractivity contribution in [2.75, 3.05) is 30.4 Å². The molecule has 0 atom stereocenters. The van der Waals surface area contributed by atoms with Gasteiger partial charge in [0.25, 0.3) is 0 Å². The van der Waals surface area contributed by atoms with Crippen LogP contribution in [0.15, 0.2) is 12.4 Å². The van der Waals surface area contributed by atoms with Crippen LogP contribution in [0.25, 0.3) is 22.6 Å². The third kappa shape index (κ3) is 2.46. The zero-order valence-corrected chi connectivity index (χ0v) is 16.9. The van der Waals surface area contributed by atoms with E-state index in [1.54, 1.807) is 19.4 Å². The summed E-state index contributed by atoms with van der Waals surface area (Å²) in [4.78, 5) is 26.0. The van der Waals surface area contributed by atoms with Gasteiger partial charge in [-0.15, -0.1) is 0 Å². The van der Waals surface area contributed by atoms with Gasteiger partial charge in [0.2, 0.25) is 5.95 Å². The van der Waals surface area contributed by atoms with E-state index < -0.39 is 5.60 Å². The molecule has 6 heterocycles. The minimum Gasteiger partial charge on any atom is -0.366 e. The summed E-state index contributed by atoms with van der Waals surface area (Å²) in [6, 6.07) is 0.567. The number of aromatic nitrogens is 6. The van der Waals surface area contributed by atoms with Crippen LogP contribution in [0.3, 0.4) is 0 Å². The van der Waals surface area contributed by atoms with Crippen molar-refractivity contribution in [1.29, 1.82) is 0 Å². The summed E-state index contributed by atoms with van der Waals surface area (Å²) in [6.45, 7) is 6.57. The number of rotatable bonds is 3. The molecule has 1 aliphatic carbocycles. The fourth-order valence-corrected chi connectivity index (χ4v) is 4.81. The van der Waals surface area contributed by atoms with Gasteiger partial charge in [0.05, 0.1) is 12.2 Å². The van der Waals surface area contributed by atoms with Crippen molar-refractivity contribution in [2.24, 2.45) is 5.92 Å². The van der Waals surface area contributed by atoms with Gasteiger partial charge in [-0.05, 0) is 32.6 Å². The highest BCUT2D eigenvalue weighted by Gasteiger charge is 2.45. The summed E-state index contributed by atoms with van der Waals surface area (Å²) in [7, 11) is 1.80. The summed E-state index contributed by atoms with van der Waals surface area (Å²) in [5.41, 5.74) is 2.11. The monoisotopic (exact) mass is 392 g/mol. The van der Waals surface area contributed by atoms with Crippen LogP contribution in [0.5, 0.6) is 0 Å². The summed E-state index contributed by atoms with van der Waals surface area (Å²) in [5, 5.41) is 2.95. The van der Waals surface area contributed by atoms with Gasteiger partial charge in [-0.2, -0.15) is 0 Å². The summed E-state index contributed by atoms with van der Waals surface area (Å²) in [6.07, 6.45) is 6.05. The Hall–Kier alpha value is -2.81. The van der Waals surface area contributed by atoms with Gasteiger partial charge in [-0.3, -0.25) is 0 Å². The molecule has 3 aromatic heterocycles. The van der Waals surface area contributed by atoms with Crippen molar-refractivity contribution in [1.82, 2.24) is 29.5 Å². The molecule has 9 nitrogen and oxygen atoms in total. The fraction of sp³-hybridized carbons (Fsp3) is 0.550. The Labute approximate surface area is 168 Å². The molecule has 2 bridgehead atoms. The highest BCUT2D eigenvalue weighted by molar-refractivity contribution is 5.87. The van der Waals surface area contributed by atoms with E-state index in [0.717, 1.165) is 47.4 Å². The molecule has 3 aliphatic heterocycles. The third-order valence-corrected chi connectivity index (χ3v) is 6.40. The number of nitrogens with one attached hydrogen (secondary N) is 1. The standard InChI is InChI=1S/C20H24N8O/c1-20(2)18-24-14-16(27(18)4-5-29-20)25-15(12-8-22-19(21-3)23-9-12)26-17(14)28-10-11-6-13(28)7-11/h8-9,11,13H,4-7,10H2,1-3H3,(H,21,22,23). The second-order valence-corrected chi connectivity index (χ2v) is 8.68. The molecule has 0 unspecified atom stereocenters. The molecule has 2 saturated heterocycles. The van der Waals surface area contributed by atoms with Gasteiger partial charge in [-0.25, -0.2) is 24.9 Å². The molecule has 29 heavy (non-hydrogen) atoms. The van der Waals surface area contributed by atoms with Crippen LogP contribution in [0, 0.1) is 5.92 Å². The predicted molar refractivity (Wildman–Crippen MR) is 109 cm³/mol. The number of nitrogens with zero attached hydrogens (tertiary/aromatic N) is 7. The Morgan fingerprint density at radius 3 is 2.62 bits per heavy atom. The Kier molecular flexibility index (Phi) is 3.45. The molecule has 4 aliphatic rings. The molecule has 0 amide bonds. The van der Waals surface area contributed by atoms with Gasteiger partial charge < -0.3 is 19.5 Å². The largest absolute Gasteiger partial charge is 0.366 e. The number of hydrogen-bond acceptors (Lipinski definition) is 8. The first kappa shape index (κ1) is 17.1. The van der Waals surface area contributed by atoms with Gasteiger partial charge in [0, 0.05) is 38.6 Å². The maximum atomic E-state index is 5.98. The van der Waals surface area contributed by atoms with Crippen molar-refractivity contribution in [3.8, 4) is 11.4 Å². The van der Waals surface area contributed by atoms with Crippen LogP contribution in [0.1, 0.15) is 32.5 Å². The molecular formula is C20H24N8O. The number of fused-ring (bicyclic) bond motifs is 4. The van der Waals surface area contributed by atoms with Crippen LogP contribution in [-0.4, -0.2) is 55.7 Å². The molecule has 150 valence electrons. The molecule has 1 saturated carbocycles. The SMILES string of the molecule is CNc1ncc(-c2nc(N3CC4CC3C4)c3nc4n(c3n2)CCOC4(C)C)cn1. The highest BCUT2D eigenvalue weighted by atomic mass is 16.5. The molecule has 7 rings (SSSR count). The van der Waals surface area contributed by atoms with Crippen LogP contribution < -0.4 is 10.2 Å². The summed E-state index contributed by atoms with van der Waals surface area (Å²) >= 11 is 0.